The number of ketones is 1. The summed E-state index contributed by atoms with van der Waals surface area (Å²) in [7, 11) is 1.81. The third-order valence-electron chi connectivity index (χ3n) is 2.61. The van der Waals surface area contributed by atoms with Crippen molar-refractivity contribution in [3.05, 3.63) is 53.1 Å². The number of carbonyl (C=O) groups excluding carboxylic acids is 1. The van der Waals surface area contributed by atoms with Crippen LogP contribution in [0.15, 0.2) is 30.3 Å². The predicted molar refractivity (Wildman–Crippen MR) is 62.4 cm³/mol. The van der Waals surface area contributed by atoms with Gasteiger partial charge in [0.15, 0.2) is 5.78 Å². The van der Waals surface area contributed by atoms with E-state index in [9.17, 15) is 9.18 Å². The Hall–Kier alpha value is -1.97. The van der Waals surface area contributed by atoms with Crippen LogP contribution in [0, 0.1) is 12.7 Å². The van der Waals surface area contributed by atoms with E-state index < -0.39 is 0 Å². The Balaban J connectivity index is 2.17. The minimum Gasteiger partial charge on any atom is -0.294 e. The van der Waals surface area contributed by atoms with Gasteiger partial charge < -0.3 is 0 Å². The molecule has 0 saturated carbocycles. The van der Waals surface area contributed by atoms with Gasteiger partial charge in [-0.1, -0.05) is 0 Å². The number of halogens is 1. The molecule has 0 aliphatic rings. The number of nitrogens with zero attached hydrogens (tertiary/aromatic N) is 2. The molecule has 3 nitrogen and oxygen atoms in total. The van der Waals surface area contributed by atoms with Crippen LogP contribution in [0.2, 0.25) is 0 Å². The fourth-order valence-corrected chi connectivity index (χ4v) is 1.73. The van der Waals surface area contributed by atoms with Gasteiger partial charge in [0.1, 0.15) is 5.82 Å². The van der Waals surface area contributed by atoms with Crippen molar-refractivity contribution >= 4 is 5.78 Å². The molecule has 2 rings (SSSR count). The molecule has 0 aliphatic heterocycles. The summed E-state index contributed by atoms with van der Waals surface area (Å²) in [6.07, 6.45) is 0.281. The molecule has 0 saturated heterocycles. The number of benzene rings is 1. The van der Waals surface area contributed by atoms with Crippen molar-refractivity contribution in [3.63, 3.8) is 0 Å². The number of hydrogen-bond acceptors (Lipinski definition) is 2. The van der Waals surface area contributed by atoms with E-state index in [1.165, 1.54) is 24.3 Å². The maximum absolute atomic E-state index is 12.7. The SMILES string of the molecule is Cc1cc(CC(=O)c2ccc(F)cc2)n(C)n1. The number of Topliss-reactive ketones (excluding diaryl/α,β-unsaturated/α-hetero) is 1. The van der Waals surface area contributed by atoms with E-state index in [1.807, 2.05) is 13.0 Å². The second-order valence-corrected chi connectivity index (χ2v) is 4.01. The van der Waals surface area contributed by atoms with Gasteiger partial charge in [0.2, 0.25) is 0 Å². The van der Waals surface area contributed by atoms with Crippen molar-refractivity contribution in [2.75, 3.05) is 0 Å². The molecule has 0 radical (unpaired) electrons. The summed E-state index contributed by atoms with van der Waals surface area (Å²) in [5.74, 6) is -0.370. The summed E-state index contributed by atoms with van der Waals surface area (Å²) >= 11 is 0. The fourth-order valence-electron chi connectivity index (χ4n) is 1.73. The smallest absolute Gasteiger partial charge is 0.168 e. The van der Waals surface area contributed by atoms with E-state index in [1.54, 1.807) is 11.7 Å². The molecule has 0 aliphatic carbocycles. The lowest BCUT2D eigenvalue weighted by molar-refractivity contribution is 0.0990. The maximum atomic E-state index is 12.7. The molecular weight excluding hydrogens is 219 g/mol. The molecule has 17 heavy (non-hydrogen) atoms. The molecule has 2 aromatic rings. The van der Waals surface area contributed by atoms with Gasteiger partial charge in [0, 0.05) is 18.3 Å². The molecule has 0 bridgehead atoms. The Labute approximate surface area is 98.9 Å². The Bertz CT molecular complexity index is 543. The first-order valence-corrected chi connectivity index (χ1v) is 5.34. The highest BCUT2D eigenvalue weighted by Crippen LogP contribution is 2.09. The molecule has 88 valence electrons. The average Bonchev–Trinajstić information content (AvgIpc) is 2.58. The van der Waals surface area contributed by atoms with E-state index in [2.05, 4.69) is 5.10 Å². The minimum atomic E-state index is -0.335. The number of rotatable bonds is 3. The summed E-state index contributed by atoms with van der Waals surface area (Å²) in [5, 5.41) is 4.18. The first-order valence-electron chi connectivity index (χ1n) is 5.34. The van der Waals surface area contributed by atoms with Crippen LogP contribution in [0.4, 0.5) is 4.39 Å². The second kappa shape index (κ2) is 4.49. The zero-order valence-electron chi connectivity index (χ0n) is 9.77. The van der Waals surface area contributed by atoms with Crippen LogP contribution < -0.4 is 0 Å². The summed E-state index contributed by atoms with van der Waals surface area (Å²) in [5.41, 5.74) is 2.26. The number of aryl methyl sites for hydroxylation is 2. The normalized spacial score (nSPS) is 10.5. The lowest BCUT2D eigenvalue weighted by Gasteiger charge is -2.01. The molecule has 0 unspecified atom stereocenters. The first-order chi connectivity index (χ1) is 8.06. The molecule has 1 aromatic carbocycles. The van der Waals surface area contributed by atoms with Crippen molar-refractivity contribution in [2.24, 2.45) is 7.05 Å². The van der Waals surface area contributed by atoms with Crippen LogP contribution in [0.5, 0.6) is 0 Å². The van der Waals surface area contributed by atoms with Gasteiger partial charge in [-0.2, -0.15) is 5.10 Å². The van der Waals surface area contributed by atoms with Crippen molar-refractivity contribution < 1.29 is 9.18 Å². The van der Waals surface area contributed by atoms with Crippen molar-refractivity contribution in [1.82, 2.24) is 9.78 Å². The Morgan fingerprint density at radius 3 is 2.53 bits per heavy atom. The van der Waals surface area contributed by atoms with Gasteiger partial charge in [-0.25, -0.2) is 4.39 Å². The summed E-state index contributed by atoms with van der Waals surface area (Å²) in [6, 6.07) is 7.46. The molecule has 0 N–H and O–H groups in total. The molecule has 1 heterocycles. The van der Waals surface area contributed by atoms with Crippen LogP contribution in [-0.2, 0) is 13.5 Å². The monoisotopic (exact) mass is 232 g/mol. The van der Waals surface area contributed by atoms with Crippen molar-refractivity contribution in [2.45, 2.75) is 13.3 Å². The Kier molecular flexibility index (Phi) is 3.04. The Morgan fingerprint density at radius 1 is 1.35 bits per heavy atom. The van der Waals surface area contributed by atoms with E-state index in [0.717, 1.165) is 11.4 Å². The van der Waals surface area contributed by atoms with Gasteiger partial charge in [0.05, 0.1) is 12.1 Å². The summed E-state index contributed by atoms with van der Waals surface area (Å²) in [4.78, 5) is 11.9. The van der Waals surface area contributed by atoms with Gasteiger partial charge in [-0.05, 0) is 37.3 Å². The van der Waals surface area contributed by atoms with Crippen LogP contribution >= 0.6 is 0 Å². The summed E-state index contributed by atoms with van der Waals surface area (Å²) in [6.45, 7) is 1.88. The molecule has 0 amide bonds. The van der Waals surface area contributed by atoms with Crippen LogP contribution in [0.3, 0.4) is 0 Å². The van der Waals surface area contributed by atoms with Gasteiger partial charge in [0.25, 0.3) is 0 Å². The predicted octanol–water partition coefficient (Wildman–Crippen LogP) is 2.29. The van der Waals surface area contributed by atoms with Gasteiger partial charge >= 0.3 is 0 Å². The van der Waals surface area contributed by atoms with Crippen molar-refractivity contribution in [1.29, 1.82) is 0 Å². The van der Waals surface area contributed by atoms with E-state index in [4.69, 9.17) is 0 Å². The largest absolute Gasteiger partial charge is 0.294 e. The van der Waals surface area contributed by atoms with Gasteiger partial charge in [-0.3, -0.25) is 9.48 Å². The molecule has 4 heteroatoms. The quantitative estimate of drug-likeness (QED) is 0.761. The fraction of sp³-hybridized carbons (Fsp3) is 0.231. The highest BCUT2D eigenvalue weighted by molar-refractivity contribution is 5.97. The molecular formula is C13H13FN2O. The third-order valence-corrected chi connectivity index (χ3v) is 2.61. The first kappa shape index (κ1) is 11.5. The van der Waals surface area contributed by atoms with Crippen LogP contribution in [-0.4, -0.2) is 15.6 Å². The highest BCUT2D eigenvalue weighted by atomic mass is 19.1. The highest BCUT2D eigenvalue weighted by Gasteiger charge is 2.10. The number of carbonyl (C=O) groups is 1. The molecule has 0 atom stereocenters. The Morgan fingerprint density at radius 2 is 2.00 bits per heavy atom. The third kappa shape index (κ3) is 2.58. The lowest BCUT2D eigenvalue weighted by atomic mass is 10.1. The van der Waals surface area contributed by atoms with Crippen LogP contribution in [0.1, 0.15) is 21.7 Å². The standard InChI is InChI=1S/C13H13FN2O/c1-9-7-12(16(2)15-9)8-13(17)10-3-5-11(14)6-4-10/h3-7H,8H2,1-2H3. The van der Waals surface area contributed by atoms with E-state index >= 15 is 0 Å². The average molecular weight is 232 g/mol. The molecule has 1 aromatic heterocycles. The van der Waals surface area contributed by atoms with E-state index in [-0.39, 0.29) is 18.0 Å². The minimum absolute atomic E-state index is 0.0343. The van der Waals surface area contributed by atoms with Crippen LogP contribution in [0.25, 0.3) is 0 Å². The maximum Gasteiger partial charge on any atom is 0.168 e. The topological polar surface area (TPSA) is 34.9 Å². The zero-order chi connectivity index (χ0) is 12.4. The van der Waals surface area contributed by atoms with Gasteiger partial charge in [-0.15, -0.1) is 0 Å². The number of aromatic nitrogens is 2. The lowest BCUT2D eigenvalue weighted by Crippen LogP contribution is -2.07. The molecule has 0 fully saturated rings. The second-order valence-electron chi connectivity index (χ2n) is 4.01. The van der Waals surface area contributed by atoms with Crippen molar-refractivity contribution in [3.8, 4) is 0 Å². The summed E-state index contributed by atoms with van der Waals surface area (Å²) < 4.78 is 14.4. The number of hydrogen-bond donors (Lipinski definition) is 0. The zero-order valence-corrected chi connectivity index (χ0v) is 9.77. The molecule has 0 spiro atoms. The van der Waals surface area contributed by atoms with E-state index in [0.29, 0.717) is 5.56 Å².